The number of rotatable bonds is 5. The highest BCUT2D eigenvalue weighted by atomic mass is 32.2. The van der Waals surface area contributed by atoms with Gasteiger partial charge in [-0.2, -0.15) is 0 Å². The van der Waals surface area contributed by atoms with Crippen molar-refractivity contribution in [2.75, 3.05) is 5.32 Å². The zero-order chi connectivity index (χ0) is 17.2. The minimum Gasteiger partial charge on any atom is -0.325 e. The maximum Gasteiger partial charge on any atom is 0.237 e. The quantitative estimate of drug-likeness (QED) is 0.830. The second-order valence-corrected chi connectivity index (χ2v) is 8.24. The first-order valence-corrected chi connectivity index (χ1v) is 9.96. The van der Waals surface area contributed by atoms with Crippen molar-refractivity contribution in [3.63, 3.8) is 0 Å². The molecule has 4 rings (SSSR count). The molecule has 132 valence electrons. The molecule has 2 aliphatic carbocycles. The van der Waals surface area contributed by atoms with E-state index in [1.54, 1.807) is 0 Å². The number of aryl methyl sites for hydroxylation is 2. The van der Waals surface area contributed by atoms with E-state index in [9.17, 15) is 4.79 Å². The Morgan fingerprint density at radius 1 is 1.24 bits per heavy atom. The van der Waals surface area contributed by atoms with E-state index in [2.05, 4.69) is 33.0 Å². The number of fused-ring (bicyclic) bond motifs is 1. The molecular formula is C18H23N5OS. The van der Waals surface area contributed by atoms with Crippen molar-refractivity contribution in [1.82, 2.24) is 20.2 Å². The van der Waals surface area contributed by atoms with Crippen LogP contribution in [0.4, 0.5) is 5.69 Å². The van der Waals surface area contributed by atoms with E-state index in [1.165, 1.54) is 42.2 Å². The number of hydrogen-bond acceptors (Lipinski definition) is 5. The highest BCUT2D eigenvalue weighted by Gasteiger charge is 2.25. The topological polar surface area (TPSA) is 72.7 Å². The maximum absolute atomic E-state index is 12.6. The molecule has 1 amide bonds. The van der Waals surface area contributed by atoms with Gasteiger partial charge >= 0.3 is 0 Å². The predicted octanol–water partition coefficient (Wildman–Crippen LogP) is 3.40. The molecule has 0 saturated heterocycles. The lowest BCUT2D eigenvalue weighted by Crippen LogP contribution is -2.23. The van der Waals surface area contributed by atoms with Crippen LogP contribution in [0, 0.1) is 0 Å². The first-order valence-electron chi connectivity index (χ1n) is 9.08. The van der Waals surface area contributed by atoms with Gasteiger partial charge in [0.1, 0.15) is 0 Å². The van der Waals surface area contributed by atoms with Crippen LogP contribution < -0.4 is 5.32 Å². The van der Waals surface area contributed by atoms with Gasteiger partial charge in [-0.1, -0.05) is 30.7 Å². The predicted molar refractivity (Wildman–Crippen MR) is 97.7 cm³/mol. The third-order valence-electron chi connectivity index (χ3n) is 5.15. The summed E-state index contributed by atoms with van der Waals surface area (Å²) < 4.78 is 1.90. The fraction of sp³-hybridized carbons (Fsp3) is 0.556. The van der Waals surface area contributed by atoms with E-state index in [-0.39, 0.29) is 11.2 Å². The number of benzene rings is 1. The minimum absolute atomic E-state index is 0.0103. The van der Waals surface area contributed by atoms with Gasteiger partial charge in [-0.25, -0.2) is 4.68 Å². The van der Waals surface area contributed by atoms with E-state index < -0.39 is 0 Å². The fourth-order valence-electron chi connectivity index (χ4n) is 3.75. The number of thioether (sulfide) groups is 1. The number of aromatic nitrogens is 4. The van der Waals surface area contributed by atoms with Gasteiger partial charge in [0, 0.05) is 5.69 Å². The number of amides is 1. The average molecular weight is 357 g/mol. The average Bonchev–Trinajstić information content (AvgIpc) is 3.35. The fourth-order valence-corrected chi connectivity index (χ4v) is 4.61. The Bertz CT molecular complexity index is 769. The van der Waals surface area contributed by atoms with E-state index in [4.69, 9.17) is 0 Å². The first kappa shape index (κ1) is 16.6. The second-order valence-electron chi connectivity index (χ2n) is 6.93. The van der Waals surface area contributed by atoms with Crippen LogP contribution in [-0.4, -0.2) is 31.4 Å². The number of nitrogens with one attached hydrogen (secondary N) is 1. The molecule has 2 aliphatic rings. The number of nitrogens with zero attached hydrogens (tertiary/aromatic N) is 4. The highest BCUT2D eigenvalue weighted by Crippen LogP contribution is 2.32. The number of carbonyl (C=O) groups excluding carboxylic acids is 1. The van der Waals surface area contributed by atoms with Crippen LogP contribution in [0.2, 0.25) is 0 Å². The second kappa shape index (κ2) is 7.15. The molecule has 1 heterocycles. The smallest absolute Gasteiger partial charge is 0.237 e. The van der Waals surface area contributed by atoms with Gasteiger partial charge < -0.3 is 5.32 Å². The third-order valence-corrected chi connectivity index (χ3v) is 6.20. The van der Waals surface area contributed by atoms with Gasteiger partial charge in [-0.3, -0.25) is 4.79 Å². The molecule has 6 nitrogen and oxygen atoms in total. The Hall–Kier alpha value is -1.89. The molecule has 1 unspecified atom stereocenters. The van der Waals surface area contributed by atoms with Crippen molar-refractivity contribution in [2.24, 2.45) is 0 Å². The monoisotopic (exact) mass is 357 g/mol. The highest BCUT2D eigenvalue weighted by molar-refractivity contribution is 8.00. The summed E-state index contributed by atoms with van der Waals surface area (Å²) in [6.07, 6.45) is 8.16. The Morgan fingerprint density at radius 2 is 2.04 bits per heavy atom. The van der Waals surface area contributed by atoms with Gasteiger partial charge in [-0.15, -0.1) is 5.10 Å². The molecule has 7 heteroatoms. The summed E-state index contributed by atoms with van der Waals surface area (Å²) >= 11 is 1.43. The molecule has 0 radical (unpaired) electrons. The zero-order valence-corrected chi connectivity index (χ0v) is 15.3. The van der Waals surface area contributed by atoms with E-state index in [0.717, 1.165) is 36.5 Å². The van der Waals surface area contributed by atoms with Crippen LogP contribution in [0.5, 0.6) is 0 Å². The van der Waals surface area contributed by atoms with Crippen molar-refractivity contribution in [2.45, 2.75) is 68.3 Å². The third kappa shape index (κ3) is 3.56. The van der Waals surface area contributed by atoms with E-state index in [0.29, 0.717) is 6.04 Å². The van der Waals surface area contributed by atoms with Crippen molar-refractivity contribution >= 4 is 23.4 Å². The standard InChI is InChI=1S/C18H23N5OS/c1-12(25-18-20-21-22-23(18)16-7-2-3-8-16)17(24)19-15-10-9-13-5-4-6-14(13)11-15/h9-12,16H,2-8H2,1H3,(H,19,24). The van der Waals surface area contributed by atoms with Gasteiger partial charge in [0.2, 0.25) is 11.1 Å². The lowest BCUT2D eigenvalue weighted by Gasteiger charge is -2.14. The number of tetrazole rings is 1. The Morgan fingerprint density at radius 3 is 2.88 bits per heavy atom. The summed E-state index contributed by atoms with van der Waals surface area (Å²) in [6.45, 7) is 1.90. The van der Waals surface area contributed by atoms with Crippen molar-refractivity contribution in [3.05, 3.63) is 29.3 Å². The van der Waals surface area contributed by atoms with Gasteiger partial charge in [0.15, 0.2) is 0 Å². The van der Waals surface area contributed by atoms with Crippen LogP contribution in [0.3, 0.4) is 0 Å². The SMILES string of the molecule is CC(Sc1nnnn1C1CCCC1)C(=O)Nc1ccc2c(c1)CCC2. The summed E-state index contributed by atoms with van der Waals surface area (Å²) in [7, 11) is 0. The lowest BCUT2D eigenvalue weighted by atomic mass is 10.1. The van der Waals surface area contributed by atoms with Gasteiger partial charge in [0.05, 0.1) is 11.3 Å². The summed E-state index contributed by atoms with van der Waals surface area (Å²) in [5.41, 5.74) is 3.66. The molecule has 25 heavy (non-hydrogen) atoms. The maximum atomic E-state index is 12.6. The van der Waals surface area contributed by atoms with E-state index in [1.807, 2.05) is 17.7 Å². The normalized spacial score (nSPS) is 18.3. The van der Waals surface area contributed by atoms with Crippen molar-refractivity contribution < 1.29 is 4.79 Å². The summed E-state index contributed by atoms with van der Waals surface area (Å²) in [5.74, 6) is -0.0103. The zero-order valence-electron chi connectivity index (χ0n) is 14.4. The molecular weight excluding hydrogens is 334 g/mol. The van der Waals surface area contributed by atoms with Crippen LogP contribution in [-0.2, 0) is 17.6 Å². The summed E-state index contributed by atoms with van der Waals surface area (Å²) in [4.78, 5) is 12.6. The van der Waals surface area contributed by atoms with Crippen LogP contribution in [0.25, 0.3) is 0 Å². The largest absolute Gasteiger partial charge is 0.325 e. The molecule has 1 fully saturated rings. The molecule has 0 aliphatic heterocycles. The van der Waals surface area contributed by atoms with Crippen LogP contribution in [0.15, 0.2) is 23.4 Å². The lowest BCUT2D eigenvalue weighted by molar-refractivity contribution is -0.115. The van der Waals surface area contributed by atoms with Crippen molar-refractivity contribution in [3.8, 4) is 0 Å². The molecule has 1 N–H and O–H groups in total. The van der Waals surface area contributed by atoms with E-state index >= 15 is 0 Å². The molecule has 2 aromatic rings. The first-order chi connectivity index (χ1) is 12.2. The molecule has 0 spiro atoms. The van der Waals surface area contributed by atoms with Gasteiger partial charge in [-0.05, 0) is 72.7 Å². The molecule has 1 aromatic carbocycles. The summed E-state index contributed by atoms with van der Waals surface area (Å²) in [5, 5.41) is 15.6. The molecule has 1 atom stereocenters. The number of carbonyl (C=O) groups is 1. The van der Waals surface area contributed by atoms with Crippen LogP contribution >= 0.6 is 11.8 Å². The number of hydrogen-bond donors (Lipinski definition) is 1. The Labute approximate surface area is 151 Å². The summed E-state index contributed by atoms with van der Waals surface area (Å²) in [6, 6.07) is 6.63. The number of anilines is 1. The van der Waals surface area contributed by atoms with Gasteiger partial charge in [0.25, 0.3) is 0 Å². The van der Waals surface area contributed by atoms with Crippen molar-refractivity contribution in [1.29, 1.82) is 0 Å². The Balaban J connectivity index is 1.40. The minimum atomic E-state index is -0.251. The van der Waals surface area contributed by atoms with Crippen LogP contribution in [0.1, 0.15) is 56.2 Å². The molecule has 0 bridgehead atoms. The molecule has 1 saturated carbocycles. The Kier molecular flexibility index (Phi) is 4.74. The molecule has 1 aromatic heterocycles.